The standard InChI is InChI=1S/C39H35N2OP/c1-22-15-23(2)18-28(17-22)34-30-11-7-8-12-31(30)36(39(42-43)35(34)29-19-24(3)16-25(4)20-29)37-38-26(5)21-27(6)41(38)33-14-10-9-13-32(33)40-37/h7-21H,43H2,1-6H3. The van der Waals surface area contributed by atoms with Crippen LogP contribution < -0.4 is 4.52 Å². The summed E-state index contributed by atoms with van der Waals surface area (Å²) in [5.41, 5.74) is 17.0. The predicted molar refractivity (Wildman–Crippen MR) is 185 cm³/mol. The quantitative estimate of drug-likeness (QED) is 0.194. The van der Waals surface area contributed by atoms with Crippen LogP contribution in [0.15, 0.2) is 91.0 Å². The highest BCUT2D eigenvalue weighted by Gasteiger charge is 2.27. The zero-order valence-electron chi connectivity index (χ0n) is 25.5. The van der Waals surface area contributed by atoms with Gasteiger partial charge in [0.1, 0.15) is 5.75 Å². The number of hydrogen-bond donors (Lipinski definition) is 0. The number of fused-ring (bicyclic) bond motifs is 4. The molecule has 2 aromatic heterocycles. The summed E-state index contributed by atoms with van der Waals surface area (Å²) in [6, 6.07) is 33.0. The molecule has 5 aromatic carbocycles. The molecule has 7 rings (SSSR count). The first-order valence-corrected chi connectivity index (χ1v) is 15.2. The van der Waals surface area contributed by atoms with Crippen LogP contribution in [0.2, 0.25) is 0 Å². The molecule has 0 radical (unpaired) electrons. The molecular weight excluding hydrogens is 543 g/mol. The number of nitrogens with zero attached hydrogens (tertiary/aromatic N) is 2. The Balaban J connectivity index is 1.75. The number of rotatable bonds is 4. The van der Waals surface area contributed by atoms with E-state index in [1.807, 2.05) is 0 Å². The van der Waals surface area contributed by atoms with Crippen molar-refractivity contribution in [2.75, 3.05) is 0 Å². The second-order valence-electron chi connectivity index (χ2n) is 12.0. The van der Waals surface area contributed by atoms with Gasteiger partial charge < -0.3 is 8.92 Å². The van der Waals surface area contributed by atoms with E-state index in [2.05, 4.69) is 146 Å². The monoisotopic (exact) mass is 578 g/mol. The predicted octanol–water partition coefficient (Wildman–Crippen LogP) is 10.7. The van der Waals surface area contributed by atoms with Gasteiger partial charge in [0.15, 0.2) is 0 Å². The lowest BCUT2D eigenvalue weighted by Crippen LogP contribution is -2.01. The zero-order chi connectivity index (χ0) is 30.0. The van der Waals surface area contributed by atoms with Gasteiger partial charge in [-0.05, 0) is 87.2 Å². The van der Waals surface area contributed by atoms with Gasteiger partial charge in [0, 0.05) is 16.8 Å². The molecule has 7 aromatic rings. The lowest BCUT2D eigenvalue weighted by atomic mass is 9.84. The maximum atomic E-state index is 6.47. The molecule has 1 unspecified atom stereocenters. The molecule has 3 nitrogen and oxygen atoms in total. The van der Waals surface area contributed by atoms with Gasteiger partial charge in [0.2, 0.25) is 0 Å². The fourth-order valence-corrected chi connectivity index (χ4v) is 7.31. The molecule has 4 heteroatoms. The minimum absolute atomic E-state index is 0.811. The highest BCUT2D eigenvalue weighted by molar-refractivity contribution is 7.10. The van der Waals surface area contributed by atoms with E-state index >= 15 is 0 Å². The Morgan fingerprint density at radius 3 is 1.74 bits per heavy atom. The summed E-state index contributed by atoms with van der Waals surface area (Å²) in [7, 11) is 2.57. The second-order valence-corrected chi connectivity index (χ2v) is 12.2. The van der Waals surface area contributed by atoms with Crippen molar-refractivity contribution in [3.05, 3.63) is 125 Å². The second kappa shape index (κ2) is 10.4. The van der Waals surface area contributed by atoms with Crippen LogP contribution in [0.4, 0.5) is 0 Å². The SMILES string of the molecule is Cc1cc(C)cc(-c2c(OP)c(-c3nc4ccccc4n4c(C)cc(C)c34)c3ccccc3c2-c2cc(C)cc(C)c2)c1. The fraction of sp³-hybridized carbons (Fsp3) is 0.154. The first-order valence-electron chi connectivity index (χ1n) is 14.8. The van der Waals surface area contributed by atoms with E-state index in [0.717, 1.165) is 50.1 Å². The molecule has 0 bridgehead atoms. The number of aryl methyl sites for hydroxylation is 6. The van der Waals surface area contributed by atoms with Crippen molar-refractivity contribution in [3.8, 4) is 39.3 Å². The van der Waals surface area contributed by atoms with Gasteiger partial charge in [0.25, 0.3) is 0 Å². The molecule has 0 aliphatic rings. The van der Waals surface area contributed by atoms with Crippen LogP contribution in [-0.2, 0) is 0 Å². The molecule has 0 saturated heterocycles. The first kappa shape index (κ1) is 27.4. The van der Waals surface area contributed by atoms with E-state index in [4.69, 9.17) is 9.51 Å². The molecule has 0 aliphatic carbocycles. The van der Waals surface area contributed by atoms with Crippen molar-refractivity contribution in [1.82, 2.24) is 9.38 Å². The van der Waals surface area contributed by atoms with Crippen LogP contribution in [-0.4, -0.2) is 9.38 Å². The minimum atomic E-state index is 0.811. The summed E-state index contributed by atoms with van der Waals surface area (Å²) in [4.78, 5) is 5.40. The number of benzene rings is 5. The Kier molecular flexibility index (Phi) is 6.60. The van der Waals surface area contributed by atoms with E-state index in [9.17, 15) is 0 Å². The third-order valence-electron chi connectivity index (χ3n) is 8.50. The van der Waals surface area contributed by atoms with Gasteiger partial charge in [-0.25, -0.2) is 4.98 Å². The maximum Gasteiger partial charge on any atom is 0.141 e. The van der Waals surface area contributed by atoms with E-state index in [0.29, 0.717) is 0 Å². The zero-order valence-corrected chi connectivity index (χ0v) is 26.7. The molecule has 0 spiro atoms. The van der Waals surface area contributed by atoms with Crippen molar-refractivity contribution in [3.63, 3.8) is 0 Å². The minimum Gasteiger partial charge on any atom is -0.479 e. The van der Waals surface area contributed by atoms with E-state index < -0.39 is 0 Å². The summed E-state index contributed by atoms with van der Waals surface area (Å²) in [5.74, 6) is 0.811. The van der Waals surface area contributed by atoms with Gasteiger partial charge in [-0.1, -0.05) is 95.1 Å². The van der Waals surface area contributed by atoms with Crippen LogP contribution >= 0.6 is 9.47 Å². The molecular formula is C39H35N2OP. The summed E-state index contributed by atoms with van der Waals surface area (Å²) >= 11 is 0. The molecule has 0 N–H and O–H groups in total. The van der Waals surface area contributed by atoms with Crippen LogP contribution in [0.3, 0.4) is 0 Å². The molecule has 43 heavy (non-hydrogen) atoms. The average Bonchev–Trinajstić information content (AvgIpc) is 3.28. The first-order chi connectivity index (χ1) is 20.7. The van der Waals surface area contributed by atoms with Crippen molar-refractivity contribution in [1.29, 1.82) is 0 Å². The fourth-order valence-electron chi connectivity index (χ4n) is 7.08. The van der Waals surface area contributed by atoms with Gasteiger partial charge in [-0.3, -0.25) is 0 Å². The lowest BCUT2D eigenvalue weighted by Gasteiger charge is -2.24. The van der Waals surface area contributed by atoms with Crippen molar-refractivity contribution in [2.45, 2.75) is 41.5 Å². The highest BCUT2D eigenvalue weighted by Crippen LogP contribution is 2.52. The summed E-state index contributed by atoms with van der Waals surface area (Å²) in [6.45, 7) is 13.0. The third kappa shape index (κ3) is 4.42. The molecule has 0 aliphatic heterocycles. The van der Waals surface area contributed by atoms with Crippen molar-refractivity contribution < 1.29 is 4.52 Å². The molecule has 0 amide bonds. The summed E-state index contributed by atoms with van der Waals surface area (Å²) in [6.07, 6.45) is 0. The molecule has 0 saturated carbocycles. The van der Waals surface area contributed by atoms with Crippen LogP contribution in [0.5, 0.6) is 5.75 Å². The number of hydrogen-bond acceptors (Lipinski definition) is 2. The van der Waals surface area contributed by atoms with Gasteiger partial charge in [-0.2, -0.15) is 0 Å². The van der Waals surface area contributed by atoms with Gasteiger partial charge in [-0.15, -0.1) is 0 Å². The van der Waals surface area contributed by atoms with Crippen LogP contribution in [0.25, 0.3) is 60.8 Å². The van der Waals surface area contributed by atoms with E-state index in [1.165, 1.54) is 50.0 Å². The number of aromatic nitrogens is 2. The Morgan fingerprint density at radius 2 is 1.14 bits per heavy atom. The summed E-state index contributed by atoms with van der Waals surface area (Å²) in [5, 5.41) is 2.29. The average molecular weight is 579 g/mol. The normalized spacial score (nSPS) is 11.6. The van der Waals surface area contributed by atoms with Crippen LogP contribution in [0, 0.1) is 41.5 Å². The lowest BCUT2D eigenvalue weighted by molar-refractivity contribution is 0.652. The maximum absolute atomic E-state index is 6.47. The Hall–Kier alpha value is -4.46. The Labute approximate surface area is 255 Å². The topological polar surface area (TPSA) is 26.5 Å². The smallest absolute Gasteiger partial charge is 0.141 e. The molecule has 1 atom stereocenters. The van der Waals surface area contributed by atoms with Crippen LogP contribution in [0.1, 0.15) is 33.5 Å². The van der Waals surface area contributed by atoms with E-state index in [-0.39, 0.29) is 0 Å². The van der Waals surface area contributed by atoms with E-state index in [1.54, 1.807) is 0 Å². The van der Waals surface area contributed by atoms with Crippen molar-refractivity contribution >= 4 is 36.8 Å². The Bertz CT molecular complexity index is 2200. The third-order valence-corrected chi connectivity index (χ3v) is 8.74. The Morgan fingerprint density at radius 1 is 0.605 bits per heavy atom. The van der Waals surface area contributed by atoms with Gasteiger partial charge >= 0.3 is 0 Å². The molecule has 0 fully saturated rings. The highest BCUT2D eigenvalue weighted by atomic mass is 31.0. The van der Waals surface area contributed by atoms with Gasteiger partial charge in [0.05, 0.1) is 37.3 Å². The number of para-hydroxylation sites is 2. The van der Waals surface area contributed by atoms with Crippen molar-refractivity contribution in [2.24, 2.45) is 0 Å². The molecule has 212 valence electrons. The summed E-state index contributed by atoms with van der Waals surface area (Å²) < 4.78 is 8.82. The largest absolute Gasteiger partial charge is 0.479 e. The molecule has 2 heterocycles.